The number of hydrogen-bond donors (Lipinski definition) is 2. The molecule has 0 aliphatic carbocycles. The summed E-state index contributed by atoms with van der Waals surface area (Å²) in [7, 11) is -3.77. The summed E-state index contributed by atoms with van der Waals surface area (Å²) in [5, 5.41) is 0. The molecule has 0 atom stereocenters. The summed E-state index contributed by atoms with van der Waals surface area (Å²) in [6, 6.07) is 11.6. The third-order valence-corrected chi connectivity index (χ3v) is 5.19. The van der Waals surface area contributed by atoms with E-state index in [1.165, 1.54) is 17.7 Å². The number of unbranched alkanes of at least 4 members (excludes halogenated alkanes) is 1. The summed E-state index contributed by atoms with van der Waals surface area (Å²) in [4.78, 5) is 11.4. The molecule has 128 valence electrons. The molecule has 6 heteroatoms. The molecule has 2 aromatic carbocycles. The van der Waals surface area contributed by atoms with Crippen molar-refractivity contribution < 1.29 is 13.2 Å². The smallest absolute Gasteiger partial charge is 0.261 e. The summed E-state index contributed by atoms with van der Waals surface area (Å²) in [5.74, 6) is -0.648. The van der Waals surface area contributed by atoms with Crippen molar-refractivity contribution in [3.05, 3.63) is 59.2 Å². The first-order valence-corrected chi connectivity index (χ1v) is 9.34. The van der Waals surface area contributed by atoms with E-state index in [2.05, 4.69) is 11.6 Å². The Labute approximate surface area is 142 Å². The minimum absolute atomic E-state index is 0.0111. The van der Waals surface area contributed by atoms with Gasteiger partial charge in [0.1, 0.15) is 0 Å². The number of anilines is 1. The van der Waals surface area contributed by atoms with Crippen molar-refractivity contribution in [2.45, 2.75) is 38.0 Å². The van der Waals surface area contributed by atoms with Gasteiger partial charge in [-0.1, -0.05) is 31.5 Å². The van der Waals surface area contributed by atoms with E-state index >= 15 is 0 Å². The van der Waals surface area contributed by atoms with Gasteiger partial charge in [-0.2, -0.15) is 0 Å². The molecular formula is C18H22N2O3S. The Hall–Kier alpha value is -2.34. The molecule has 0 bridgehead atoms. The lowest BCUT2D eigenvalue weighted by atomic mass is 10.1. The number of rotatable bonds is 7. The van der Waals surface area contributed by atoms with E-state index in [4.69, 9.17) is 5.73 Å². The molecule has 0 aromatic heterocycles. The molecule has 0 radical (unpaired) electrons. The number of aryl methyl sites for hydroxylation is 2. The van der Waals surface area contributed by atoms with Gasteiger partial charge < -0.3 is 5.73 Å². The number of nitrogens with one attached hydrogen (secondary N) is 1. The molecule has 0 spiro atoms. The average molecular weight is 346 g/mol. The molecule has 2 aromatic rings. The van der Waals surface area contributed by atoms with Crippen LogP contribution in [0.2, 0.25) is 0 Å². The quantitative estimate of drug-likeness (QED) is 0.806. The van der Waals surface area contributed by atoms with Gasteiger partial charge in [0.2, 0.25) is 5.91 Å². The van der Waals surface area contributed by atoms with Gasteiger partial charge in [0.25, 0.3) is 10.0 Å². The Morgan fingerprint density at radius 1 is 1.12 bits per heavy atom. The topological polar surface area (TPSA) is 89.3 Å². The third-order valence-electron chi connectivity index (χ3n) is 3.81. The van der Waals surface area contributed by atoms with Crippen molar-refractivity contribution in [2.24, 2.45) is 5.73 Å². The SMILES string of the molecule is CCCCc1ccc(NS(=O)(=O)c2ccc(C)c(C(N)=O)c2)cc1. The van der Waals surface area contributed by atoms with Gasteiger partial charge in [0, 0.05) is 11.3 Å². The Kier molecular flexibility index (Phi) is 5.62. The van der Waals surface area contributed by atoms with E-state index in [1.807, 2.05) is 12.1 Å². The zero-order chi connectivity index (χ0) is 17.7. The van der Waals surface area contributed by atoms with Gasteiger partial charge in [-0.15, -0.1) is 0 Å². The number of primary amides is 1. The first-order valence-electron chi connectivity index (χ1n) is 7.85. The maximum absolute atomic E-state index is 12.5. The number of sulfonamides is 1. The average Bonchev–Trinajstić information content (AvgIpc) is 2.54. The van der Waals surface area contributed by atoms with E-state index in [0.29, 0.717) is 11.3 Å². The van der Waals surface area contributed by atoms with Crippen LogP contribution in [0.15, 0.2) is 47.4 Å². The van der Waals surface area contributed by atoms with Crippen molar-refractivity contribution in [3.8, 4) is 0 Å². The molecule has 24 heavy (non-hydrogen) atoms. The van der Waals surface area contributed by atoms with Gasteiger partial charge in [-0.25, -0.2) is 8.42 Å². The number of benzene rings is 2. The van der Waals surface area contributed by atoms with Crippen molar-refractivity contribution in [1.82, 2.24) is 0 Å². The lowest BCUT2D eigenvalue weighted by Crippen LogP contribution is -2.17. The second-order valence-electron chi connectivity index (χ2n) is 5.75. The van der Waals surface area contributed by atoms with Crippen molar-refractivity contribution >= 4 is 21.6 Å². The van der Waals surface area contributed by atoms with E-state index in [9.17, 15) is 13.2 Å². The van der Waals surface area contributed by atoms with E-state index in [-0.39, 0.29) is 10.5 Å². The van der Waals surface area contributed by atoms with Gasteiger partial charge in [-0.3, -0.25) is 9.52 Å². The summed E-state index contributed by atoms with van der Waals surface area (Å²) in [6.45, 7) is 3.84. The summed E-state index contributed by atoms with van der Waals surface area (Å²) in [6.07, 6.45) is 3.19. The second-order valence-corrected chi connectivity index (χ2v) is 7.43. The number of nitrogens with two attached hydrogens (primary N) is 1. The van der Waals surface area contributed by atoms with E-state index in [1.54, 1.807) is 25.1 Å². The predicted molar refractivity (Wildman–Crippen MR) is 95.6 cm³/mol. The Bertz CT molecular complexity index is 828. The fourth-order valence-electron chi connectivity index (χ4n) is 2.37. The number of hydrogen-bond acceptors (Lipinski definition) is 3. The Morgan fingerprint density at radius 3 is 2.38 bits per heavy atom. The summed E-state index contributed by atoms with van der Waals surface area (Å²) < 4.78 is 27.5. The summed E-state index contributed by atoms with van der Waals surface area (Å²) >= 11 is 0. The third kappa shape index (κ3) is 4.35. The van der Waals surface area contributed by atoms with Crippen LogP contribution < -0.4 is 10.5 Å². The largest absolute Gasteiger partial charge is 0.366 e. The monoisotopic (exact) mass is 346 g/mol. The molecule has 0 fully saturated rings. The van der Waals surface area contributed by atoms with Gasteiger partial charge in [0.15, 0.2) is 0 Å². The number of carbonyl (C=O) groups excluding carboxylic acids is 1. The maximum Gasteiger partial charge on any atom is 0.261 e. The van der Waals surface area contributed by atoms with E-state index in [0.717, 1.165) is 19.3 Å². The molecule has 1 amide bonds. The fraction of sp³-hybridized carbons (Fsp3) is 0.278. The highest BCUT2D eigenvalue weighted by atomic mass is 32.2. The molecule has 0 aliphatic rings. The number of amides is 1. The van der Waals surface area contributed by atoms with Crippen LogP contribution in [-0.4, -0.2) is 14.3 Å². The molecule has 3 N–H and O–H groups in total. The molecule has 0 saturated heterocycles. The fourth-order valence-corrected chi connectivity index (χ4v) is 3.45. The Balaban J connectivity index is 2.22. The summed E-state index contributed by atoms with van der Waals surface area (Å²) in [5.41, 5.74) is 7.78. The van der Waals surface area contributed by atoms with Crippen LogP contribution in [0.25, 0.3) is 0 Å². The van der Waals surface area contributed by atoms with Gasteiger partial charge in [0.05, 0.1) is 4.90 Å². The lowest BCUT2D eigenvalue weighted by molar-refractivity contribution is 0.0999. The van der Waals surface area contributed by atoms with Crippen LogP contribution >= 0.6 is 0 Å². The highest BCUT2D eigenvalue weighted by Crippen LogP contribution is 2.20. The first kappa shape index (κ1) is 18.0. The standard InChI is InChI=1S/C18H22N2O3S/c1-3-4-5-14-7-9-15(10-8-14)20-24(22,23)16-11-6-13(2)17(12-16)18(19)21/h6-12,20H,3-5H2,1-2H3,(H2,19,21). The van der Waals surface area contributed by atoms with Crippen molar-refractivity contribution in [2.75, 3.05) is 4.72 Å². The van der Waals surface area contributed by atoms with Crippen LogP contribution in [0.4, 0.5) is 5.69 Å². The highest BCUT2D eigenvalue weighted by molar-refractivity contribution is 7.92. The zero-order valence-electron chi connectivity index (χ0n) is 13.9. The molecule has 0 heterocycles. The molecule has 2 rings (SSSR count). The minimum Gasteiger partial charge on any atom is -0.366 e. The van der Waals surface area contributed by atoms with Gasteiger partial charge in [-0.05, 0) is 55.2 Å². The van der Waals surface area contributed by atoms with Gasteiger partial charge >= 0.3 is 0 Å². The predicted octanol–water partition coefficient (Wildman–Crippen LogP) is 3.24. The highest BCUT2D eigenvalue weighted by Gasteiger charge is 2.17. The van der Waals surface area contributed by atoms with Crippen molar-refractivity contribution in [3.63, 3.8) is 0 Å². The minimum atomic E-state index is -3.77. The van der Waals surface area contributed by atoms with E-state index < -0.39 is 15.9 Å². The molecule has 0 unspecified atom stereocenters. The molecule has 5 nitrogen and oxygen atoms in total. The molecule has 0 saturated carbocycles. The van der Waals surface area contributed by atoms with Crippen LogP contribution in [0.5, 0.6) is 0 Å². The number of carbonyl (C=O) groups is 1. The molecular weight excluding hydrogens is 324 g/mol. The van der Waals surface area contributed by atoms with Crippen LogP contribution in [-0.2, 0) is 16.4 Å². The van der Waals surface area contributed by atoms with Crippen molar-refractivity contribution in [1.29, 1.82) is 0 Å². The normalized spacial score (nSPS) is 11.2. The lowest BCUT2D eigenvalue weighted by Gasteiger charge is -2.10. The van der Waals surface area contributed by atoms with Crippen LogP contribution in [0.1, 0.15) is 41.3 Å². The van der Waals surface area contributed by atoms with Crippen LogP contribution in [0.3, 0.4) is 0 Å². The maximum atomic E-state index is 12.5. The first-order chi connectivity index (χ1) is 11.3. The van der Waals surface area contributed by atoms with Crippen LogP contribution in [0, 0.1) is 6.92 Å². The zero-order valence-corrected chi connectivity index (χ0v) is 14.7. The second kappa shape index (κ2) is 7.49. The Morgan fingerprint density at radius 2 is 1.79 bits per heavy atom. The molecule has 0 aliphatic heterocycles.